The van der Waals surface area contributed by atoms with E-state index < -0.39 is 0 Å². The monoisotopic (exact) mass is 295 g/mol. The quantitative estimate of drug-likeness (QED) is 0.745. The van der Waals surface area contributed by atoms with Gasteiger partial charge in [0, 0.05) is 4.88 Å². The second-order valence-electron chi connectivity index (χ2n) is 5.17. The lowest BCUT2D eigenvalue weighted by Crippen LogP contribution is -2.26. The number of benzene rings is 2. The van der Waals surface area contributed by atoms with Crippen LogP contribution >= 0.6 is 11.3 Å². The zero-order valence-electron chi connectivity index (χ0n) is 12.1. The van der Waals surface area contributed by atoms with Crippen molar-refractivity contribution in [1.82, 2.24) is 5.32 Å². The van der Waals surface area contributed by atoms with E-state index in [0.717, 1.165) is 15.3 Å². The van der Waals surface area contributed by atoms with Crippen LogP contribution in [0, 0.1) is 6.92 Å². The molecule has 1 heterocycles. The number of rotatable bonds is 3. The number of carbonyl (C=O) groups excluding carboxylic acids is 1. The van der Waals surface area contributed by atoms with Crippen molar-refractivity contribution in [2.24, 2.45) is 0 Å². The molecule has 0 saturated carbocycles. The first-order chi connectivity index (χ1) is 10.1. The fraction of sp³-hybridized carbons (Fsp3) is 0.167. The summed E-state index contributed by atoms with van der Waals surface area (Å²) < 4.78 is 0. The van der Waals surface area contributed by atoms with E-state index >= 15 is 0 Å². The number of thiophene rings is 1. The second kappa shape index (κ2) is 5.70. The van der Waals surface area contributed by atoms with Gasteiger partial charge in [0.1, 0.15) is 0 Å². The molecule has 1 atom stereocenters. The lowest BCUT2D eigenvalue weighted by atomic mass is 10.00. The average molecular weight is 295 g/mol. The van der Waals surface area contributed by atoms with Crippen LogP contribution in [0.5, 0.6) is 0 Å². The summed E-state index contributed by atoms with van der Waals surface area (Å²) in [5.41, 5.74) is 1.15. The molecule has 0 aliphatic carbocycles. The molecule has 1 amide bonds. The predicted molar refractivity (Wildman–Crippen MR) is 88.9 cm³/mol. The van der Waals surface area contributed by atoms with Gasteiger partial charge in [0.05, 0.1) is 10.9 Å². The number of aryl methyl sites for hydroxylation is 1. The van der Waals surface area contributed by atoms with Crippen LogP contribution in [0.25, 0.3) is 10.8 Å². The molecule has 0 unspecified atom stereocenters. The van der Waals surface area contributed by atoms with Crippen LogP contribution in [-0.4, -0.2) is 5.91 Å². The fourth-order valence-electron chi connectivity index (χ4n) is 2.53. The molecule has 1 N–H and O–H groups in total. The molecule has 0 radical (unpaired) electrons. The van der Waals surface area contributed by atoms with Crippen molar-refractivity contribution in [2.45, 2.75) is 19.9 Å². The third-order valence-electron chi connectivity index (χ3n) is 3.60. The summed E-state index contributed by atoms with van der Waals surface area (Å²) in [6.07, 6.45) is 0. The topological polar surface area (TPSA) is 29.1 Å². The van der Waals surface area contributed by atoms with E-state index in [4.69, 9.17) is 0 Å². The first-order valence-corrected chi connectivity index (χ1v) is 7.82. The highest BCUT2D eigenvalue weighted by Gasteiger charge is 2.14. The van der Waals surface area contributed by atoms with Crippen molar-refractivity contribution in [3.8, 4) is 0 Å². The van der Waals surface area contributed by atoms with Crippen LogP contribution in [0.2, 0.25) is 0 Å². The summed E-state index contributed by atoms with van der Waals surface area (Å²) in [5, 5.41) is 5.48. The molecule has 0 saturated heterocycles. The Morgan fingerprint density at radius 2 is 1.81 bits per heavy atom. The zero-order chi connectivity index (χ0) is 14.8. The molecule has 3 heteroatoms. The van der Waals surface area contributed by atoms with Crippen molar-refractivity contribution in [2.75, 3.05) is 0 Å². The van der Waals surface area contributed by atoms with Gasteiger partial charge in [-0.1, -0.05) is 42.5 Å². The van der Waals surface area contributed by atoms with Crippen molar-refractivity contribution in [1.29, 1.82) is 0 Å². The van der Waals surface area contributed by atoms with Crippen LogP contribution in [0.3, 0.4) is 0 Å². The molecular weight excluding hydrogens is 278 g/mol. The minimum atomic E-state index is -0.0222. The van der Waals surface area contributed by atoms with Gasteiger partial charge in [-0.15, -0.1) is 11.3 Å². The second-order valence-corrected chi connectivity index (χ2v) is 6.46. The lowest BCUT2D eigenvalue weighted by Gasteiger charge is -2.16. The van der Waals surface area contributed by atoms with E-state index in [2.05, 4.69) is 29.6 Å². The van der Waals surface area contributed by atoms with Crippen LogP contribution in [0.15, 0.2) is 54.6 Å². The molecule has 2 nitrogen and oxygen atoms in total. The number of carbonyl (C=O) groups is 1. The van der Waals surface area contributed by atoms with Gasteiger partial charge in [0.15, 0.2) is 0 Å². The van der Waals surface area contributed by atoms with Gasteiger partial charge in [-0.2, -0.15) is 0 Å². The van der Waals surface area contributed by atoms with E-state index in [1.807, 2.05) is 44.2 Å². The Hall–Kier alpha value is -2.13. The van der Waals surface area contributed by atoms with Gasteiger partial charge in [-0.05, 0) is 42.3 Å². The Morgan fingerprint density at radius 1 is 1.05 bits per heavy atom. The maximum Gasteiger partial charge on any atom is 0.261 e. The maximum atomic E-state index is 12.3. The van der Waals surface area contributed by atoms with E-state index in [-0.39, 0.29) is 11.9 Å². The van der Waals surface area contributed by atoms with Crippen molar-refractivity contribution in [3.05, 3.63) is 69.9 Å². The predicted octanol–water partition coefficient (Wildman–Crippen LogP) is 4.70. The standard InChI is InChI=1S/C18H17NOS/c1-12-10-11-17(21-12)18(20)19-13(2)15-9-5-7-14-6-3-4-8-16(14)15/h3-11,13H,1-2H3,(H,19,20)/t13-/m1/s1. The van der Waals surface area contributed by atoms with E-state index in [9.17, 15) is 4.79 Å². The van der Waals surface area contributed by atoms with Gasteiger partial charge in [0.25, 0.3) is 5.91 Å². The maximum absolute atomic E-state index is 12.3. The highest BCUT2D eigenvalue weighted by molar-refractivity contribution is 7.13. The fourth-order valence-corrected chi connectivity index (χ4v) is 3.30. The molecule has 0 bridgehead atoms. The number of hydrogen-bond acceptors (Lipinski definition) is 2. The van der Waals surface area contributed by atoms with Crippen LogP contribution in [0.1, 0.15) is 33.1 Å². The van der Waals surface area contributed by atoms with Gasteiger partial charge in [-0.25, -0.2) is 0 Å². The third-order valence-corrected chi connectivity index (χ3v) is 4.60. The van der Waals surface area contributed by atoms with Crippen LogP contribution in [0.4, 0.5) is 0 Å². The zero-order valence-corrected chi connectivity index (χ0v) is 12.9. The summed E-state index contributed by atoms with van der Waals surface area (Å²) >= 11 is 1.52. The van der Waals surface area contributed by atoms with Gasteiger partial charge < -0.3 is 5.32 Å². The molecule has 0 aliphatic heterocycles. The van der Waals surface area contributed by atoms with E-state index in [1.165, 1.54) is 22.1 Å². The molecule has 3 rings (SSSR count). The molecule has 0 fully saturated rings. The SMILES string of the molecule is Cc1ccc(C(=O)N[C@H](C)c2cccc3ccccc23)s1. The van der Waals surface area contributed by atoms with Crippen molar-refractivity contribution in [3.63, 3.8) is 0 Å². The van der Waals surface area contributed by atoms with Crippen molar-refractivity contribution < 1.29 is 4.79 Å². The smallest absolute Gasteiger partial charge is 0.261 e. The van der Waals surface area contributed by atoms with Crippen molar-refractivity contribution >= 4 is 28.0 Å². The summed E-state index contributed by atoms with van der Waals surface area (Å²) in [6.45, 7) is 4.04. The Labute approximate surface area is 128 Å². The Balaban J connectivity index is 1.87. The summed E-state index contributed by atoms with van der Waals surface area (Å²) in [4.78, 5) is 14.2. The highest BCUT2D eigenvalue weighted by atomic mass is 32.1. The molecule has 0 aliphatic rings. The molecule has 1 aromatic heterocycles. The van der Waals surface area contributed by atoms with E-state index in [1.54, 1.807) is 0 Å². The molecular formula is C18H17NOS. The minimum Gasteiger partial charge on any atom is -0.345 e. The molecule has 3 aromatic rings. The third kappa shape index (κ3) is 2.83. The van der Waals surface area contributed by atoms with Gasteiger partial charge >= 0.3 is 0 Å². The number of hydrogen-bond donors (Lipinski definition) is 1. The average Bonchev–Trinajstić information content (AvgIpc) is 2.93. The van der Waals surface area contributed by atoms with Crippen LogP contribution in [-0.2, 0) is 0 Å². The molecule has 0 spiro atoms. The lowest BCUT2D eigenvalue weighted by molar-refractivity contribution is 0.0944. The Morgan fingerprint density at radius 3 is 2.57 bits per heavy atom. The summed E-state index contributed by atoms with van der Waals surface area (Å²) in [7, 11) is 0. The highest BCUT2D eigenvalue weighted by Crippen LogP contribution is 2.25. The first-order valence-electron chi connectivity index (χ1n) is 7.00. The summed E-state index contributed by atoms with van der Waals surface area (Å²) in [6, 6.07) is 18.3. The normalized spacial score (nSPS) is 12.3. The number of nitrogens with one attached hydrogen (secondary N) is 1. The molecule has 21 heavy (non-hydrogen) atoms. The van der Waals surface area contributed by atoms with E-state index in [0.29, 0.717) is 0 Å². The minimum absolute atomic E-state index is 0.00599. The number of fused-ring (bicyclic) bond motifs is 1. The molecule has 106 valence electrons. The summed E-state index contributed by atoms with van der Waals surface area (Å²) in [5.74, 6) is -0.00599. The van der Waals surface area contributed by atoms with Crippen LogP contribution < -0.4 is 5.32 Å². The van der Waals surface area contributed by atoms with Gasteiger partial charge in [0.2, 0.25) is 0 Å². The van der Waals surface area contributed by atoms with Gasteiger partial charge in [-0.3, -0.25) is 4.79 Å². The molecule has 2 aromatic carbocycles. The number of amides is 1. The Kier molecular flexibility index (Phi) is 3.76. The first kappa shape index (κ1) is 13.8. The largest absolute Gasteiger partial charge is 0.345 e. The Bertz CT molecular complexity index is 785.